The molecule has 140 valence electrons. The van der Waals surface area contributed by atoms with Gasteiger partial charge >= 0.3 is 11.9 Å². The van der Waals surface area contributed by atoms with Crippen molar-refractivity contribution in [3.05, 3.63) is 71.8 Å². The second-order valence-corrected chi connectivity index (χ2v) is 4.86. The highest BCUT2D eigenvalue weighted by molar-refractivity contribution is 6.43. The third-order valence-electron chi connectivity index (χ3n) is 3.06. The Hall–Kier alpha value is -3.72. The summed E-state index contributed by atoms with van der Waals surface area (Å²) in [7, 11) is 0. The summed E-state index contributed by atoms with van der Waals surface area (Å²) in [5, 5.41) is 33.4. The molecule has 0 bridgehead atoms. The Morgan fingerprint density at radius 2 is 1.07 bits per heavy atom. The van der Waals surface area contributed by atoms with Gasteiger partial charge in [0.2, 0.25) is 5.96 Å². The van der Waals surface area contributed by atoms with Crippen LogP contribution in [-0.4, -0.2) is 39.5 Å². The molecule has 0 aliphatic carbocycles. The van der Waals surface area contributed by atoms with E-state index in [0.29, 0.717) is 11.1 Å². The zero-order valence-corrected chi connectivity index (χ0v) is 14.6. The van der Waals surface area contributed by atoms with E-state index in [9.17, 15) is 19.8 Å². The topological polar surface area (TPSA) is 147 Å². The third kappa shape index (κ3) is 6.25. The average Bonchev–Trinajstić information content (AvgIpc) is 2.63. The van der Waals surface area contributed by atoms with Crippen LogP contribution in [0, 0.1) is 5.41 Å². The Bertz CT molecular complexity index is 798. The molecule has 0 saturated heterocycles. The maximum Gasteiger partial charge on any atom is 0.356 e. The van der Waals surface area contributed by atoms with Gasteiger partial charge in [0.1, 0.15) is 0 Å². The number of carboxylic acid groups (broad SMARTS) is 2. The predicted octanol–water partition coefficient (Wildman–Crippen LogP) is 1.50. The van der Waals surface area contributed by atoms with Crippen LogP contribution in [-0.2, 0) is 9.59 Å². The second-order valence-electron chi connectivity index (χ2n) is 4.86. The zero-order chi connectivity index (χ0) is 18.9. The van der Waals surface area contributed by atoms with Crippen LogP contribution >= 0.6 is 12.4 Å². The van der Waals surface area contributed by atoms with E-state index in [0.717, 1.165) is 0 Å². The molecular weight excluding hydrogens is 374 g/mol. The molecule has 27 heavy (non-hydrogen) atoms. The Balaban J connectivity index is 0.00000364. The molecule has 2 aromatic rings. The first-order valence-corrected chi connectivity index (χ1v) is 7.32. The molecule has 0 atom stereocenters. The summed E-state index contributed by atoms with van der Waals surface area (Å²) in [5.41, 5.74) is 4.46. The Morgan fingerprint density at radius 1 is 0.741 bits per heavy atom. The summed E-state index contributed by atoms with van der Waals surface area (Å²) in [6, 6.07) is 16.3. The fraction of sp³-hybridized carbons (Fsp3) is 0. The van der Waals surface area contributed by atoms with Crippen LogP contribution in [0.4, 0.5) is 0 Å². The van der Waals surface area contributed by atoms with Gasteiger partial charge in [-0.05, 0) is 0 Å². The van der Waals surface area contributed by atoms with E-state index in [1.54, 1.807) is 60.7 Å². The summed E-state index contributed by atoms with van der Waals surface area (Å²) in [5.74, 6) is -3.06. The quantitative estimate of drug-likeness (QED) is 0.287. The molecule has 0 aliphatic rings. The molecule has 9 nitrogen and oxygen atoms in total. The SMILES string of the molecule is Cl.N=C(NN=C(C(=O)O)c1ccccc1)NN=C(C(=O)O)c1ccccc1. The number of benzene rings is 2. The predicted molar refractivity (Wildman–Crippen MR) is 102 cm³/mol. The van der Waals surface area contributed by atoms with Crippen LogP contribution in [0.1, 0.15) is 11.1 Å². The van der Waals surface area contributed by atoms with E-state index in [1.165, 1.54) is 0 Å². The number of nitrogens with zero attached hydrogens (tertiary/aromatic N) is 2. The van der Waals surface area contributed by atoms with E-state index < -0.39 is 17.9 Å². The summed E-state index contributed by atoms with van der Waals surface area (Å²) >= 11 is 0. The standard InChI is InChI=1S/C17H15N5O4.ClH/c18-17(21-19-13(15(23)24)11-7-3-1-4-8-11)22-20-14(16(25)26)12-9-5-2-6-10-12;/h1-10H,(H,23,24)(H,25,26)(H3,18,21,22);1H. The molecule has 5 N–H and O–H groups in total. The van der Waals surface area contributed by atoms with Crippen LogP contribution in [0.2, 0.25) is 0 Å². The molecule has 0 saturated carbocycles. The third-order valence-corrected chi connectivity index (χ3v) is 3.06. The van der Waals surface area contributed by atoms with Gasteiger partial charge in [-0.3, -0.25) is 5.41 Å². The lowest BCUT2D eigenvalue weighted by atomic mass is 10.1. The van der Waals surface area contributed by atoms with Crippen LogP contribution in [0.15, 0.2) is 70.9 Å². The van der Waals surface area contributed by atoms with Gasteiger partial charge < -0.3 is 10.2 Å². The molecule has 0 unspecified atom stereocenters. The lowest BCUT2D eigenvalue weighted by molar-refractivity contribution is -0.130. The zero-order valence-electron chi connectivity index (χ0n) is 13.8. The molecule has 0 spiro atoms. The van der Waals surface area contributed by atoms with E-state index >= 15 is 0 Å². The van der Waals surface area contributed by atoms with Gasteiger partial charge in [-0.1, -0.05) is 60.7 Å². The van der Waals surface area contributed by atoms with Crippen molar-refractivity contribution in [1.29, 1.82) is 5.41 Å². The monoisotopic (exact) mass is 389 g/mol. The number of hydrogen-bond donors (Lipinski definition) is 5. The van der Waals surface area contributed by atoms with Crippen molar-refractivity contribution in [3.63, 3.8) is 0 Å². The van der Waals surface area contributed by atoms with Gasteiger partial charge in [0.25, 0.3) is 0 Å². The largest absolute Gasteiger partial charge is 0.476 e. The van der Waals surface area contributed by atoms with Crippen molar-refractivity contribution in [1.82, 2.24) is 10.9 Å². The Morgan fingerprint density at radius 3 is 1.37 bits per heavy atom. The fourth-order valence-corrected chi connectivity index (χ4v) is 1.91. The first-order chi connectivity index (χ1) is 12.5. The van der Waals surface area contributed by atoms with Crippen molar-refractivity contribution >= 4 is 41.7 Å². The first kappa shape index (κ1) is 21.3. The minimum Gasteiger partial charge on any atom is -0.476 e. The Labute approximate surface area is 160 Å². The van der Waals surface area contributed by atoms with Crippen LogP contribution < -0.4 is 10.9 Å². The van der Waals surface area contributed by atoms with Crippen molar-refractivity contribution < 1.29 is 19.8 Å². The molecule has 0 radical (unpaired) electrons. The van der Waals surface area contributed by atoms with E-state index in [1.807, 2.05) is 0 Å². The summed E-state index contributed by atoms with van der Waals surface area (Å²) in [6.07, 6.45) is 0. The number of aliphatic carboxylic acids is 2. The summed E-state index contributed by atoms with van der Waals surface area (Å²) in [4.78, 5) is 22.6. The first-order valence-electron chi connectivity index (χ1n) is 7.32. The van der Waals surface area contributed by atoms with Crippen molar-refractivity contribution in [2.24, 2.45) is 10.2 Å². The highest BCUT2D eigenvalue weighted by Crippen LogP contribution is 2.02. The van der Waals surface area contributed by atoms with Crippen molar-refractivity contribution in [2.75, 3.05) is 0 Å². The lowest BCUT2D eigenvalue weighted by Gasteiger charge is -2.06. The minimum absolute atomic E-state index is 0. The summed E-state index contributed by atoms with van der Waals surface area (Å²) in [6.45, 7) is 0. The van der Waals surface area contributed by atoms with E-state index in [4.69, 9.17) is 5.41 Å². The molecule has 0 heterocycles. The van der Waals surface area contributed by atoms with Crippen LogP contribution in [0.3, 0.4) is 0 Å². The molecule has 10 heteroatoms. The van der Waals surface area contributed by atoms with E-state index in [-0.39, 0.29) is 23.8 Å². The number of hydrogen-bond acceptors (Lipinski definition) is 5. The average molecular weight is 390 g/mol. The number of halogens is 1. The fourth-order valence-electron chi connectivity index (χ4n) is 1.91. The van der Waals surface area contributed by atoms with Crippen LogP contribution in [0.5, 0.6) is 0 Å². The lowest BCUT2D eigenvalue weighted by Crippen LogP contribution is -2.33. The van der Waals surface area contributed by atoms with Gasteiger partial charge in [-0.15, -0.1) is 12.4 Å². The molecular formula is C17H16ClN5O4. The molecule has 0 aromatic heterocycles. The molecule has 0 fully saturated rings. The number of guanidine groups is 1. The van der Waals surface area contributed by atoms with Gasteiger partial charge in [0.05, 0.1) is 0 Å². The smallest absolute Gasteiger partial charge is 0.356 e. The highest BCUT2D eigenvalue weighted by Gasteiger charge is 2.14. The number of carbonyl (C=O) groups is 2. The summed E-state index contributed by atoms with van der Waals surface area (Å²) < 4.78 is 0. The van der Waals surface area contributed by atoms with Gasteiger partial charge in [-0.25, -0.2) is 20.4 Å². The van der Waals surface area contributed by atoms with Gasteiger partial charge in [0.15, 0.2) is 11.4 Å². The maximum atomic E-state index is 11.3. The minimum atomic E-state index is -1.28. The molecule has 0 aliphatic heterocycles. The normalized spacial score (nSPS) is 11.1. The van der Waals surface area contributed by atoms with Gasteiger partial charge in [-0.2, -0.15) is 10.2 Å². The van der Waals surface area contributed by atoms with Gasteiger partial charge in [0, 0.05) is 11.1 Å². The number of carboxylic acids is 2. The number of hydrazone groups is 2. The number of rotatable bonds is 6. The Kier molecular flexibility index (Phi) is 8.14. The second kappa shape index (κ2) is 10.3. The molecule has 2 rings (SSSR count). The molecule has 2 aromatic carbocycles. The molecule has 0 amide bonds. The number of nitrogens with one attached hydrogen (secondary N) is 3. The highest BCUT2D eigenvalue weighted by atomic mass is 35.5. The van der Waals surface area contributed by atoms with Crippen LogP contribution in [0.25, 0.3) is 0 Å². The maximum absolute atomic E-state index is 11.3. The van der Waals surface area contributed by atoms with E-state index in [2.05, 4.69) is 21.1 Å². The van der Waals surface area contributed by atoms with Crippen molar-refractivity contribution in [3.8, 4) is 0 Å². The van der Waals surface area contributed by atoms with Crippen molar-refractivity contribution in [2.45, 2.75) is 0 Å².